The van der Waals surface area contributed by atoms with Gasteiger partial charge >= 0.3 is 0 Å². The lowest BCUT2D eigenvalue weighted by Crippen LogP contribution is -2.04. The van der Waals surface area contributed by atoms with Crippen LogP contribution in [-0.2, 0) is 0 Å². The van der Waals surface area contributed by atoms with Gasteiger partial charge in [0.2, 0.25) is 0 Å². The van der Waals surface area contributed by atoms with Gasteiger partial charge in [-0.05, 0) is 19.2 Å². The number of rotatable bonds is 2. The molecular weight excluding hydrogens is 238 g/mol. The average Bonchev–Trinajstić information content (AvgIpc) is 2.79. The van der Waals surface area contributed by atoms with E-state index in [1.165, 1.54) is 0 Å². The zero-order valence-corrected chi connectivity index (χ0v) is 9.94. The molecule has 0 aromatic carbocycles. The van der Waals surface area contributed by atoms with Gasteiger partial charge in [-0.2, -0.15) is 5.10 Å². The van der Waals surface area contributed by atoms with E-state index in [1.54, 1.807) is 29.2 Å². The first-order valence-electron chi connectivity index (χ1n) is 4.97. The molecule has 1 N–H and O–H groups in total. The summed E-state index contributed by atoms with van der Waals surface area (Å²) in [6.45, 7) is 0.645. The Hall–Kier alpha value is -1.90. The highest BCUT2D eigenvalue weighted by Crippen LogP contribution is 2.06. The largest absolute Gasteiger partial charge is 0.309 e. The second kappa shape index (κ2) is 5.43. The maximum atomic E-state index is 5.66. The molecule has 0 atom stereocenters. The van der Waals surface area contributed by atoms with Crippen molar-refractivity contribution in [1.29, 1.82) is 0 Å². The van der Waals surface area contributed by atoms with Crippen molar-refractivity contribution in [3.05, 3.63) is 35.2 Å². The van der Waals surface area contributed by atoms with E-state index in [9.17, 15) is 0 Å². The highest BCUT2D eigenvalue weighted by molar-refractivity contribution is 6.29. The highest BCUT2D eigenvalue weighted by atomic mass is 35.5. The van der Waals surface area contributed by atoms with Crippen LogP contribution in [0.5, 0.6) is 0 Å². The Morgan fingerprint density at radius 1 is 1.41 bits per heavy atom. The van der Waals surface area contributed by atoms with Gasteiger partial charge in [0.1, 0.15) is 0 Å². The molecule has 2 heterocycles. The normalized spacial score (nSPS) is 9.76. The predicted octanol–water partition coefficient (Wildman–Crippen LogP) is 0.887. The Morgan fingerprint density at radius 3 is 3.00 bits per heavy atom. The van der Waals surface area contributed by atoms with E-state index in [4.69, 9.17) is 11.6 Å². The van der Waals surface area contributed by atoms with Crippen molar-refractivity contribution < 1.29 is 0 Å². The summed E-state index contributed by atoms with van der Waals surface area (Å²) >= 11 is 5.66. The van der Waals surface area contributed by atoms with E-state index >= 15 is 0 Å². The molecule has 0 amide bonds. The molecule has 0 spiro atoms. The summed E-state index contributed by atoms with van der Waals surface area (Å²) in [6, 6.07) is 3.41. The van der Waals surface area contributed by atoms with Gasteiger partial charge in [-0.15, -0.1) is 10.2 Å². The first-order chi connectivity index (χ1) is 8.29. The van der Waals surface area contributed by atoms with Crippen LogP contribution in [0.15, 0.2) is 24.5 Å². The third kappa shape index (κ3) is 3.03. The summed E-state index contributed by atoms with van der Waals surface area (Å²) in [4.78, 5) is 0. The quantitative estimate of drug-likeness (QED) is 0.801. The molecule has 6 heteroatoms. The Balaban J connectivity index is 2.19. The Morgan fingerprint density at radius 2 is 2.29 bits per heavy atom. The second-order valence-electron chi connectivity index (χ2n) is 3.22. The summed E-state index contributed by atoms with van der Waals surface area (Å²) in [6.07, 6.45) is 3.47. The van der Waals surface area contributed by atoms with Gasteiger partial charge in [-0.1, -0.05) is 23.4 Å². The van der Waals surface area contributed by atoms with Gasteiger partial charge in [-0.25, -0.2) is 4.68 Å². The van der Waals surface area contributed by atoms with Crippen LogP contribution in [0.3, 0.4) is 0 Å². The van der Waals surface area contributed by atoms with Crippen LogP contribution in [0, 0.1) is 11.8 Å². The second-order valence-corrected chi connectivity index (χ2v) is 3.61. The van der Waals surface area contributed by atoms with E-state index in [0.29, 0.717) is 17.5 Å². The molecule has 2 rings (SSSR count). The van der Waals surface area contributed by atoms with Crippen molar-refractivity contribution in [1.82, 2.24) is 25.3 Å². The third-order valence-corrected chi connectivity index (χ3v) is 2.13. The molecule has 0 aliphatic carbocycles. The van der Waals surface area contributed by atoms with Crippen molar-refractivity contribution >= 4 is 11.6 Å². The fourth-order valence-electron chi connectivity index (χ4n) is 1.18. The Labute approximate surface area is 104 Å². The third-order valence-electron chi connectivity index (χ3n) is 1.93. The van der Waals surface area contributed by atoms with Crippen molar-refractivity contribution in [3.63, 3.8) is 0 Å². The van der Waals surface area contributed by atoms with E-state index in [2.05, 4.69) is 32.5 Å². The lowest BCUT2D eigenvalue weighted by molar-refractivity contribution is 0.814. The molecule has 0 aliphatic rings. The van der Waals surface area contributed by atoms with E-state index in [1.807, 2.05) is 7.05 Å². The van der Waals surface area contributed by atoms with Gasteiger partial charge in [0.05, 0.1) is 18.3 Å². The number of nitrogens with one attached hydrogen (secondary N) is 1. The number of hydrogen-bond donors (Lipinski definition) is 1. The van der Waals surface area contributed by atoms with Crippen LogP contribution in [0.4, 0.5) is 0 Å². The molecule has 17 heavy (non-hydrogen) atoms. The van der Waals surface area contributed by atoms with Gasteiger partial charge in [-0.3, -0.25) is 0 Å². The molecule has 86 valence electrons. The van der Waals surface area contributed by atoms with Crippen molar-refractivity contribution in [2.45, 2.75) is 0 Å². The fraction of sp³-hybridized carbons (Fsp3) is 0.182. The first-order valence-corrected chi connectivity index (χ1v) is 5.35. The summed E-state index contributed by atoms with van der Waals surface area (Å²) < 4.78 is 1.60. The number of aromatic nitrogens is 4. The fourth-order valence-corrected chi connectivity index (χ4v) is 1.28. The van der Waals surface area contributed by atoms with E-state index < -0.39 is 0 Å². The summed E-state index contributed by atoms with van der Waals surface area (Å²) in [5.41, 5.74) is 0.831. The smallest absolute Gasteiger partial charge is 0.175 e. The molecule has 0 saturated carbocycles. The van der Waals surface area contributed by atoms with Crippen LogP contribution in [0.1, 0.15) is 5.56 Å². The zero-order valence-electron chi connectivity index (χ0n) is 9.18. The number of hydrogen-bond acceptors (Lipinski definition) is 4. The maximum absolute atomic E-state index is 5.66. The van der Waals surface area contributed by atoms with Crippen molar-refractivity contribution in [2.75, 3.05) is 13.6 Å². The van der Waals surface area contributed by atoms with Crippen LogP contribution in [0.2, 0.25) is 5.15 Å². The molecule has 0 bridgehead atoms. The maximum Gasteiger partial charge on any atom is 0.175 e. The highest BCUT2D eigenvalue weighted by Gasteiger charge is 2.00. The van der Waals surface area contributed by atoms with Crippen LogP contribution < -0.4 is 5.32 Å². The molecule has 0 saturated heterocycles. The minimum absolute atomic E-state index is 0.356. The monoisotopic (exact) mass is 247 g/mol. The Bertz CT molecular complexity index is 549. The van der Waals surface area contributed by atoms with Crippen LogP contribution in [-0.4, -0.2) is 33.6 Å². The lowest BCUT2D eigenvalue weighted by Gasteiger charge is -1.96. The standard InChI is InChI=1S/C11H10ClN5/c1-13-6-2-3-9-7-14-17(8-9)11-5-4-10(12)15-16-11/h4-5,7-8,13H,6H2,1H3. The topological polar surface area (TPSA) is 55.6 Å². The summed E-state index contributed by atoms with van der Waals surface area (Å²) in [7, 11) is 1.85. The SMILES string of the molecule is CNCC#Cc1cnn(-c2ccc(Cl)nn2)c1. The summed E-state index contributed by atoms with van der Waals surface area (Å²) in [5.74, 6) is 6.54. The minimum atomic E-state index is 0.356. The van der Waals surface area contributed by atoms with Gasteiger partial charge < -0.3 is 5.32 Å². The number of halogens is 1. The predicted molar refractivity (Wildman–Crippen MR) is 65.0 cm³/mol. The molecule has 0 aliphatic heterocycles. The van der Waals surface area contributed by atoms with Crippen LogP contribution in [0.25, 0.3) is 5.82 Å². The van der Waals surface area contributed by atoms with Crippen LogP contribution >= 0.6 is 11.6 Å². The van der Waals surface area contributed by atoms with Crippen molar-refractivity contribution in [2.24, 2.45) is 0 Å². The minimum Gasteiger partial charge on any atom is -0.309 e. The molecule has 5 nitrogen and oxygen atoms in total. The zero-order chi connectivity index (χ0) is 12.1. The van der Waals surface area contributed by atoms with Gasteiger partial charge in [0, 0.05) is 6.20 Å². The molecule has 0 radical (unpaired) electrons. The number of nitrogens with zero attached hydrogens (tertiary/aromatic N) is 4. The molecule has 2 aromatic heterocycles. The lowest BCUT2D eigenvalue weighted by atomic mass is 10.3. The van der Waals surface area contributed by atoms with Gasteiger partial charge in [0.15, 0.2) is 11.0 Å². The van der Waals surface area contributed by atoms with Crippen molar-refractivity contribution in [3.8, 4) is 17.7 Å². The van der Waals surface area contributed by atoms with E-state index in [-0.39, 0.29) is 0 Å². The molecule has 0 fully saturated rings. The summed E-state index contributed by atoms with van der Waals surface area (Å²) in [5, 5.41) is 15.1. The molecule has 0 unspecified atom stereocenters. The molecular formula is C11H10ClN5. The van der Waals surface area contributed by atoms with E-state index in [0.717, 1.165) is 5.56 Å². The Kier molecular flexibility index (Phi) is 3.70. The molecule has 2 aromatic rings. The first kappa shape index (κ1) is 11.6. The average molecular weight is 248 g/mol. The van der Waals surface area contributed by atoms with Gasteiger partial charge in [0.25, 0.3) is 0 Å².